The fourth-order valence-electron chi connectivity index (χ4n) is 3.29. The highest BCUT2D eigenvalue weighted by molar-refractivity contribution is 5.86. The number of rotatable bonds is 3. The summed E-state index contributed by atoms with van der Waals surface area (Å²) in [6, 6.07) is 2.04. The molecule has 1 aliphatic heterocycles. The van der Waals surface area contributed by atoms with Crippen LogP contribution in [0.25, 0.3) is 0 Å². The third kappa shape index (κ3) is 1.27. The predicted octanol–water partition coefficient (Wildman–Crippen LogP) is 0.210. The summed E-state index contributed by atoms with van der Waals surface area (Å²) in [7, 11) is 0. The molecule has 3 atom stereocenters. The second-order valence-corrected chi connectivity index (χ2v) is 5.37. The van der Waals surface area contributed by atoms with Crippen LogP contribution in [0.1, 0.15) is 25.8 Å². The lowest BCUT2D eigenvalue weighted by Crippen LogP contribution is -2.47. The highest BCUT2D eigenvalue weighted by Crippen LogP contribution is 2.66. The molecule has 1 unspecified atom stereocenters. The molecule has 1 saturated carbocycles. The topological polar surface area (TPSA) is 100 Å². The molecule has 7 heteroatoms. The maximum absolute atomic E-state index is 12.4. The average Bonchev–Trinajstić information content (AvgIpc) is 2.99. The van der Waals surface area contributed by atoms with E-state index in [1.54, 1.807) is 13.8 Å². The van der Waals surface area contributed by atoms with Gasteiger partial charge in [-0.15, -0.1) is 0 Å². The van der Waals surface area contributed by atoms with Crippen LogP contribution in [0.2, 0.25) is 0 Å². The number of carbonyl (C=O) groups excluding carboxylic acids is 1. The van der Waals surface area contributed by atoms with Crippen LogP contribution >= 0.6 is 0 Å². The molecule has 0 bridgehead atoms. The van der Waals surface area contributed by atoms with Crippen molar-refractivity contribution in [2.24, 2.45) is 5.41 Å². The summed E-state index contributed by atoms with van der Waals surface area (Å²) in [6.07, 6.45) is 1.21. The van der Waals surface area contributed by atoms with Gasteiger partial charge < -0.3 is 15.2 Å². The van der Waals surface area contributed by atoms with Crippen molar-refractivity contribution >= 4 is 11.8 Å². The summed E-state index contributed by atoms with van der Waals surface area (Å²) in [5, 5.41) is 26.4. The second kappa shape index (κ2) is 3.96. The van der Waals surface area contributed by atoms with Crippen LogP contribution in [0.4, 0.5) is 5.82 Å². The van der Waals surface area contributed by atoms with Crippen molar-refractivity contribution in [1.82, 2.24) is 9.78 Å². The number of esters is 1. The molecule has 2 N–H and O–H groups in total. The Bertz CT molecular complexity index is 618. The lowest BCUT2D eigenvalue weighted by Gasteiger charge is -2.33. The fraction of sp³-hybridized carbons (Fsp3) is 0.615. The fourth-order valence-corrected chi connectivity index (χ4v) is 3.29. The van der Waals surface area contributed by atoms with Crippen LogP contribution < -0.4 is 5.32 Å². The third-order valence-electron chi connectivity index (χ3n) is 4.51. The van der Waals surface area contributed by atoms with Crippen molar-refractivity contribution in [3.8, 4) is 6.07 Å². The first kappa shape index (κ1) is 12.9. The van der Waals surface area contributed by atoms with Crippen LogP contribution in [0, 0.1) is 16.7 Å². The summed E-state index contributed by atoms with van der Waals surface area (Å²) < 4.78 is 6.69. The number of carbonyl (C=O) groups is 1. The SMILES string of the molecule is CCOC(=O)[C@@]12C[C@]1(C(C)O)CNc1c(C#N)cnn12. The number of nitrogens with one attached hydrogen (secondary N) is 1. The Hall–Kier alpha value is -2.07. The number of aromatic nitrogens is 2. The van der Waals surface area contributed by atoms with Gasteiger partial charge in [0, 0.05) is 6.54 Å². The van der Waals surface area contributed by atoms with Crippen molar-refractivity contribution in [1.29, 1.82) is 5.26 Å². The first-order chi connectivity index (χ1) is 9.53. The molecule has 0 amide bonds. The van der Waals surface area contributed by atoms with Gasteiger partial charge in [0.05, 0.1) is 24.3 Å². The van der Waals surface area contributed by atoms with E-state index >= 15 is 0 Å². The minimum absolute atomic E-state index is 0.269. The molecule has 0 spiro atoms. The number of aliphatic hydroxyl groups is 1. The van der Waals surface area contributed by atoms with E-state index in [0.29, 0.717) is 24.3 Å². The zero-order chi connectivity index (χ0) is 14.5. The normalized spacial score (nSPS) is 31.3. The van der Waals surface area contributed by atoms with Gasteiger partial charge in [0.15, 0.2) is 5.54 Å². The summed E-state index contributed by atoms with van der Waals surface area (Å²) in [6.45, 7) is 4.10. The molecule has 1 aliphatic carbocycles. The number of fused-ring (bicyclic) bond motifs is 3. The molecule has 106 valence electrons. The van der Waals surface area contributed by atoms with Crippen molar-refractivity contribution < 1.29 is 14.6 Å². The summed E-state index contributed by atoms with van der Waals surface area (Å²) >= 11 is 0. The molecule has 7 nitrogen and oxygen atoms in total. The van der Waals surface area contributed by atoms with Crippen molar-refractivity contribution in [2.45, 2.75) is 31.9 Å². The molecule has 2 aliphatic rings. The summed E-state index contributed by atoms with van der Waals surface area (Å²) in [4.78, 5) is 12.4. The minimum Gasteiger partial charge on any atom is -0.464 e. The van der Waals surface area contributed by atoms with E-state index in [4.69, 9.17) is 10.00 Å². The van der Waals surface area contributed by atoms with E-state index in [1.807, 2.05) is 6.07 Å². The molecule has 0 saturated heterocycles. The standard InChI is InChI=1S/C13H16N4O3/c1-3-20-11(19)13-6-12(13,8(2)18)7-15-10-9(4-14)5-16-17(10)13/h5,8,15,18H,3,6-7H2,1-2H3/t8?,12-,13+/m1/s1. The average molecular weight is 276 g/mol. The lowest BCUT2D eigenvalue weighted by molar-refractivity contribution is -0.152. The van der Waals surface area contributed by atoms with E-state index in [1.165, 1.54) is 10.9 Å². The van der Waals surface area contributed by atoms with Crippen molar-refractivity contribution in [2.75, 3.05) is 18.5 Å². The molecular formula is C13H16N4O3. The van der Waals surface area contributed by atoms with E-state index in [-0.39, 0.29) is 6.61 Å². The summed E-state index contributed by atoms with van der Waals surface area (Å²) in [5.74, 6) is 0.130. The number of nitriles is 1. The molecule has 0 radical (unpaired) electrons. The van der Waals surface area contributed by atoms with E-state index in [2.05, 4.69) is 10.4 Å². The van der Waals surface area contributed by atoms with Crippen molar-refractivity contribution in [3.63, 3.8) is 0 Å². The van der Waals surface area contributed by atoms with Gasteiger partial charge in [0.25, 0.3) is 0 Å². The van der Waals surface area contributed by atoms with Gasteiger partial charge >= 0.3 is 5.97 Å². The maximum atomic E-state index is 12.4. The Morgan fingerprint density at radius 1 is 1.80 bits per heavy atom. The molecule has 1 aromatic heterocycles. The first-order valence-corrected chi connectivity index (χ1v) is 6.61. The second-order valence-electron chi connectivity index (χ2n) is 5.37. The van der Waals surface area contributed by atoms with Crippen LogP contribution in [0.3, 0.4) is 0 Å². The van der Waals surface area contributed by atoms with Crippen LogP contribution in [0.15, 0.2) is 6.20 Å². The number of hydrogen-bond donors (Lipinski definition) is 2. The summed E-state index contributed by atoms with van der Waals surface area (Å²) in [5.41, 5.74) is -1.22. The predicted molar refractivity (Wildman–Crippen MR) is 68.8 cm³/mol. The minimum atomic E-state index is -0.993. The quantitative estimate of drug-likeness (QED) is 0.765. The van der Waals surface area contributed by atoms with E-state index < -0.39 is 23.0 Å². The zero-order valence-electron chi connectivity index (χ0n) is 11.4. The monoisotopic (exact) mass is 276 g/mol. The van der Waals surface area contributed by atoms with E-state index in [9.17, 15) is 9.90 Å². The molecule has 3 rings (SSSR count). The highest BCUT2D eigenvalue weighted by Gasteiger charge is 2.79. The zero-order valence-corrected chi connectivity index (χ0v) is 11.4. The Morgan fingerprint density at radius 3 is 3.15 bits per heavy atom. The molecule has 2 heterocycles. The molecule has 0 aromatic carbocycles. The largest absolute Gasteiger partial charge is 0.464 e. The number of hydrogen-bond acceptors (Lipinski definition) is 6. The smallest absolute Gasteiger partial charge is 0.334 e. The molecular weight excluding hydrogens is 260 g/mol. The van der Waals surface area contributed by atoms with Crippen LogP contribution in [-0.2, 0) is 15.1 Å². The first-order valence-electron chi connectivity index (χ1n) is 6.61. The highest BCUT2D eigenvalue weighted by atomic mass is 16.5. The maximum Gasteiger partial charge on any atom is 0.334 e. The number of ether oxygens (including phenoxy) is 1. The van der Waals surface area contributed by atoms with Gasteiger partial charge in [-0.1, -0.05) is 0 Å². The lowest BCUT2D eigenvalue weighted by atomic mass is 9.91. The van der Waals surface area contributed by atoms with Gasteiger partial charge in [0.1, 0.15) is 17.5 Å². The number of nitrogens with zero attached hydrogens (tertiary/aromatic N) is 3. The van der Waals surface area contributed by atoms with Crippen molar-refractivity contribution in [3.05, 3.63) is 11.8 Å². The van der Waals surface area contributed by atoms with Gasteiger partial charge in [-0.2, -0.15) is 10.4 Å². The third-order valence-corrected chi connectivity index (χ3v) is 4.51. The Labute approximate surface area is 116 Å². The Kier molecular flexibility index (Phi) is 2.56. The van der Waals surface area contributed by atoms with Gasteiger partial charge in [-0.3, -0.25) is 0 Å². The molecule has 20 heavy (non-hydrogen) atoms. The van der Waals surface area contributed by atoms with Gasteiger partial charge in [-0.25, -0.2) is 9.48 Å². The number of anilines is 1. The Morgan fingerprint density at radius 2 is 2.55 bits per heavy atom. The van der Waals surface area contributed by atoms with E-state index in [0.717, 1.165) is 0 Å². The molecule has 1 aromatic rings. The van der Waals surface area contributed by atoms with Crippen LogP contribution in [0.5, 0.6) is 0 Å². The molecule has 1 fully saturated rings. The van der Waals surface area contributed by atoms with Gasteiger partial charge in [-0.05, 0) is 20.3 Å². The Balaban J connectivity index is 2.13. The number of aliphatic hydroxyl groups excluding tert-OH is 1. The van der Waals surface area contributed by atoms with Gasteiger partial charge in [0.2, 0.25) is 0 Å². The van der Waals surface area contributed by atoms with Crippen LogP contribution in [-0.4, -0.2) is 40.1 Å².